The summed E-state index contributed by atoms with van der Waals surface area (Å²) in [4.78, 5) is 5.35. The maximum absolute atomic E-state index is 9.06. The Labute approximate surface area is 141 Å². The molecule has 0 radical (unpaired) electrons. The van der Waals surface area contributed by atoms with Crippen LogP contribution in [0.3, 0.4) is 0 Å². The van der Waals surface area contributed by atoms with Gasteiger partial charge in [-0.2, -0.15) is 5.26 Å². The molecule has 24 heavy (non-hydrogen) atoms. The zero-order valence-corrected chi connectivity index (χ0v) is 13.4. The maximum Gasteiger partial charge on any atom is 0.143 e. The molecule has 0 saturated carbocycles. The predicted molar refractivity (Wildman–Crippen MR) is 94.0 cm³/mol. The topological polar surface area (TPSA) is 50.3 Å². The quantitative estimate of drug-likeness (QED) is 0.523. The van der Waals surface area contributed by atoms with Gasteiger partial charge in [-0.3, -0.25) is 0 Å². The largest absolute Gasteiger partial charge is 0.391 e. The van der Waals surface area contributed by atoms with Gasteiger partial charge >= 0.3 is 0 Å². The van der Waals surface area contributed by atoms with E-state index in [9.17, 15) is 0 Å². The van der Waals surface area contributed by atoms with Crippen molar-refractivity contribution >= 4 is 6.21 Å². The van der Waals surface area contributed by atoms with Crippen molar-refractivity contribution in [3.05, 3.63) is 89.2 Å². The molecule has 4 nitrogen and oxygen atoms in total. The molecule has 1 aromatic heterocycles. The fourth-order valence-electron chi connectivity index (χ4n) is 2.39. The molecular formula is C20H17N3O. The van der Waals surface area contributed by atoms with Crippen LogP contribution < -0.4 is 0 Å². The van der Waals surface area contributed by atoms with E-state index in [1.807, 2.05) is 41.1 Å². The number of benzene rings is 2. The number of hydrogen-bond donors (Lipinski definition) is 0. The zero-order chi connectivity index (χ0) is 16.8. The predicted octanol–water partition coefficient (Wildman–Crippen LogP) is 4.21. The van der Waals surface area contributed by atoms with Gasteiger partial charge in [-0.25, -0.2) is 0 Å². The van der Waals surface area contributed by atoms with Crippen molar-refractivity contribution in [2.75, 3.05) is 0 Å². The lowest BCUT2D eigenvalue weighted by molar-refractivity contribution is 0.132. The second-order valence-corrected chi connectivity index (χ2v) is 5.42. The Bertz CT molecular complexity index is 886. The molecule has 0 amide bonds. The molecule has 118 valence electrons. The molecule has 3 rings (SSSR count). The second-order valence-electron chi connectivity index (χ2n) is 5.42. The van der Waals surface area contributed by atoms with Crippen molar-refractivity contribution in [1.29, 1.82) is 5.26 Å². The summed E-state index contributed by atoms with van der Waals surface area (Å²) in [5.41, 5.74) is 4.65. The van der Waals surface area contributed by atoms with Gasteiger partial charge < -0.3 is 9.40 Å². The Morgan fingerprint density at radius 2 is 1.88 bits per heavy atom. The number of aromatic nitrogens is 1. The summed E-state index contributed by atoms with van der Waals surface area (Å²) >= 11 is 0. The molecular weight excluding hydrogens is 298 g/mol. The maximum atomic E-state index is 9.06. The normalized spacial score (nSPS) is 10.7. The zero-order valence-electron chi connectivity index (χ0n) is 13.4. The molecule has 0 spiro atoms. The van der Waals surface area contributed by atoms with Crippen LogP contribution in [0.2, 0.25) is 0 Å². The van der Waals surface area contributed by atoms with Crippen molar-refractivity contribution in [2.45, 2.75) is 13.5 Å². The first-order valence-corrected chi connectivity index (χ1v) is 7.65. The lowest BCUT2D eigenvalue weighted by atomic mass is 10.1. The van der Waals surface area contributed by atoms with Crippen LogP contribution in [-0.2, 0) is 11.4 Å². The molecule has 0 fully saturated rings. The van der Waals surface area contributed by atoms with E-state index in [-0.39, 0.29) is 6.61 Å². The second kappa shape index (κ2) is 7.30. The third kappa shape index (κ3) is 3.53. The van der Waals surface area contributed by atoms with Gasteiger partial charge in [0.1, 0.15) is 6.61 Å². The van der Waals surface area contributed by atoms with Gasteiger partial charge in [0.25, 0.3) is 0 Å². The Balaban J connectivity index is 1.69. The molecule has 0 atom stereocenters. The van der Waals surface area contributed by atoms with E-state index in [2.05, 4.69) is 42.4 Å². The summed E-state index contributed by atoms with van der Waals surface area (Å²) in [6, 6.07) is 21.7. The highest BCUT2D eigenvalue weighted by Gasteiger charge is 2.02. The van der Waals surface area contributed by atoms with E-state index >= 15 is 0 Å². The van der Waals surface area contributed by atoms with Crippen molar-refractivity contribution in [3.8, 4) is 11.8 Å². The van der Waals surface area contributed by atoms with E-state index < -0.39 is 0 Å². The third-order valence-corrected chi connectivity index (χ3v) is 3.71. The van der Waals surface area contributed by atoms with E-state index in [0.717, 1.165) is 16.9 Å². The highest BCUT2D eigenvalue weighted by molar-refractivity contribution is 5.78. The minimum atomic E-state index is 0.269. The number of oxime groups is 1. The van der Waals surface area contributed by atoms with Crippen LogP contribution in [0, 0.1) is 18.3 Å². The third-order valence-electron chi connectivity index (χ3n) is 3.71. The van der Waals surface area contributed by atoms with Gasteiger partial charge in [0.05, 0.1) is 23.5 Å². The monoisotopic (exact) mass is 315 g/mol. The molecule has 0 aliphatic heterocycles. The Hall–Kier alpha value is -3.32. The highest BCUT2D eigenvalue weighted by atomic mass is 16.6. The SMILES string of the molecule is Cc1ccc(-n2cccc2/C=N\OCc2ccccc2C#N)cc1. The van der Waals surface area contributed by atoms with Crippen LogP contribution in [0.1, 0.15) is 22.4 Å². The van der Waals surface area contributed by atoms with Crippen LogP contribution in [0.5, 0.6) is 0 Å². The van der Waals surface area contributed by atoms with E-state index in [0.29, 0.717) is 5.56 Å². The average molecular weight is 315 g/mol. The first-order valence-electron chi connectivity index (χ1n) is 7.65. The summed E-state index contributed by atoms with van der Waals surface area (Å²) in [6.07, 6.45) is 3.66. The van der Waals surface area contributed by atoms with Crippen LogP contribution >= 0.6 is 0 Å². The molecule has 3 aromatic rings. The molecule has 1 heterocycles. The molecule has 0 bridgehead atoms. The summed E-state index contributed by atoms with van der Waals surface area (Å²) < 4.78 is 2.04. The number of rotatable bonds is 5. The highest BCUT2D eigenvalue weighted by Crippen LogP contribution is 2.13. The Morgan fingerprint density at radius 1 is 1.08 bits per heavy atom. The number of hydrogen-bond acceptors (Lipinski definition) is 3. The molecule has 0 N–H and O–H groups in total. The van der Waals surface area contributed by atoms with Crippen molar-refractivity contribution in [1.82, 2.24) is 4.57 Å². The summed E-state index contributed by atoms with van der Waals surface area (Å²) in [5, 5.41) is 13.1. The summed E-state index contributed by atoms with van der Waals surface area (Å²) in [6.45, 7) is 2.33. The fourth-order valence-corrected chi connectivity index (χ4v) is 2.39. The minimum absolute atomic E-state index is 0.269. The first-order chi connectivity index (χ1) is 11.8. The molecule has 0 unspecified atom stereocenters. The molecule has 0 saturated heterocycles. The average Bonchev–Trinajstić information content (AvgIpc) is 3.08. The van der Waals surface area contributed by atoms with E-state index in [1.54, 1.807) is 12.3 Å². The van der Waals surface area contributed by atoms with Crippen molar-refractivity contribution in [3.63, 3.8) is 0 Å². The first kappa shape index (κ1) is 15.6. The Morgan fingerprint density at radius 3 is 2.67 bits per heavy atom. The van der Waals surface area contributed by atoms with E-state index in [4.69, 9.17) is 10.1 Å². The fraction of sp³-hybridized carbons (Fsp3) is 0.100. The van der Waals surface area contributed by atoms with Gasteiger partial charge in [-0.15, -0.1) is 0 Å². The van der Waals surface area contributed by atoms with Gasteiger partial charge in [-0.1, -0.05) is 41.1 Å². The van der Waals surface area contributed by atoms with Crippen LogP contribution in [-0.4, -0.2) is 10.8 Å². The van der Waals surface area contributed by atoms with Gasteiger partial charge in [0.15, 0.2) is 0 Å². The lowest BCUT2D eigenvalue weighted by Gasteiger charge is -2.06. The molecule has 4 heteroatoms. The molecule has 0 aliphatic carbocycles. The van der Waals surface area contributed by atoms with Gasteiger partial charge in [0.2, 0.25) is 0 Å². The van der Waals surface area contributed by atoms with E-state index in [1.165, 1.54) is 5.56 Å². The standard InChI is InChI=1S/C20H17N3O/c1-16-8-10-19(11-9-16)23-12-4-7-20(23)14-22-24-15-18-6-3-2-5-17(18)13-21/h2-12,14H,15H2,1H3/b22-14-. The minimum Gasteiger partial charge on any atom is -0.391 e. The van der Waals surface area contributed by atoms with Crippen LogP contribution in [0.25, 0.3) is 5.69 Å². The number of nitrogens with zero attached hydrogens (tertiary/aromatic N) is 3. The number of aryl methyl sites for hydroxylation is 1. The van der Waals surface area contributed by atoms with Crippen LogP contribution in [0.15, 0.2) is 72.0 Å². The van der Waals surface area contributed by atoms with Crippen molar-refractivity contribution in [2.24, 2.45) is 5.16 Å². The molecule has 0 aliphatic rings. The van der Waals surface area contributed by atoms with Crippen LogP contribution in [0.4, 0.5) is 0 Å². The van der Waals surface area contributed by atoms with Gasteiger partial charge in [0, 0.05) is 17.4 Å². The molecule has 2 aromatic carbocycles. The lowest BCUT2D eigenvalue weighted by Crippen LogP contribution is -1.98. The summed E-state index contributed by atoms with van der Waals surface area (Å²) in [5.74, 6) is 0. The van der Waals surface area contributed by atoms with Crippen molar-refractivity contribution < 1.29 is 4.84 Å². The number of nitriles is 1. The smallest absolute Gasteiger partial charge is 0.143 e. The van der Waals surface area contributed by atoms with Gasteiger partial charge in [-0.05, 0) is 37.3 Å². The summed E-state index contributed by atoms with van der Waals surface area (Å²) in [7, 11) is 0. The Kier molecular flexibility index (Phi) is 4.73.